The zero-order valence-electron chi connectivity index (χ0n) is 17.7. The van der Waals surface area contributed by atoms with E-state index < -0.39 is 27.4 Å². The topological polar surface area (TPSA) is 122 Å². The van der Waals surface area contributed by atoms with Gasteiger partial charge in [-0.1, -0.05) is 59.6 Å². The molecule has 0 aliphatic rings. The Morgan fingerprint density at radius 3 is 2.41 bits per heavy atom. The fourth-order valence-corrected chi connectivity index (χ4v) is 4.83. The first-order valence-corrected chi connectivity index (χ1v) is 11.9. The predicted molar refractivity (Wildman–Crippen MR) is 131 cm³/mol. The van der Waals surface area contributed by atoms with Gasteiger partial charge in [-0.25, -0.2) is 13.8 Å². The lowest BCUT2D eigenvalue weighted by molar-refractivity contribution is -0.384. The number of nitrogens with one attached hydrogen (secondary N) is 1. The van der Waals surface area contributed by atoms with E-state index in [0.717, 1.165) is 4.31 Å². The van der Waals surface area contributed by atoms with Gasteiger partial charge in [0.25, 0.3) is 21.6 Å². The first-order valence-electron chi connectivity index (χ1n) is 9.71. The molecule has 0 fully saturated rings. The highest BCUT2D eigenvalue weighted by molar-refractivity contribution is 7.92. The molecular weight excluding hydrogens is 503 g/mol. The Hall–Kier alpha value is -3.47. The second kappa shape index (κ2) is 10.6. The second-order valence-corrected chi connectivity index (χ2v) is 9.58. The van der Waals surface area contributed by atoms with Crippen molar-refractivity contribution in [3.63, 3.8) is 0 Å². The molecule has 0 aliphatic heterocycles. The van der Waals surface area contributed by atoms with E-state index in [1.54, 1.807) is 31.2 Å². The number of carbonyl (C=O) groups excluding carboxylic acids is 1. The third-order valence-corrected chi connectivity index (χ3v) is 7.22. The van der Waals surface area contributed by atoms with E-state index in [1.807, 2.05) is 0 Å². The first-order chi connectivity index (χ1) is 16.1. The zero-order chi connectivity index (χ0) is 24.9. The first kappa shape index (κ1) is 25.2. The Kier molecular flexibility index (Phi) is 7.87. The molecule has 0 saturated carbocycles. The van der Waals surface area contributed by atoms with Crippen LogP contribution in [0.2, 0.25) is 10.0 Å². The van der Waals surface area contributed by atoms with Crippen LogP contribution < -0.4 is 9.73 Å². The molecular formula is C22H18Cl2N4O5S. The van der Waals surface area contributed by atoms with Crippen LogP contribution in [0.1, 0.15) is 12.5 Å². The van der Waals surface area contributed by atoms with Crippen LogP contribution >= 0.6 is 23.2 Å². The molecule has 0 aromatic heterocycles. The molecule has 12 heteroatoms. The molecule has 1 amide bonds. The lowest BCUT2D eigenvalue weighted by Gasteiger charge is -2.25. The molecule has 3 aromatic carbocycles. The van der Waals surface area contributed by atoms with Gasteiger partial charge in [-0.15, -0.1) is 0 Å². The number of hydrazone groups is 1. The Labute approximate surface area is 205 Å². The minimum Gasteiger partial charge on any atom is -0.271 e. The van der Waals surface area contributed by atoms with Crippen molar-refractivity contribution in [3.05, 3.63) is 98.5 Å². The van der Waals surface area contributed by atoms with Gasteiger partial charge in [-0.05, 0) is 31.2 Å². The van der Waals surface area contributed by atoms with Crippen LogP contribution in [-0.2, 0) is 14.8 Å². The van der Waals surface area contributed by atoms with E-state index in [9.17, 15) is 23.3 Å². The van der Waals surface area contributed by atoms with Gasteiger partial charge in [0.1, 0.15) is 6.54 Å². The minimum absolute atomic E-state index is 0.0209. The van der Waals surface area contributed by atoms with Crippen molar-refractivity contribution in [1.82, 2.24) is 5.43 Å². The smallest absolute Gasteiger partial charge is 0.270 e. The molecule has 0 saturated heterocycles. The number of hydrogen-bond donors (Lipinski definition) is 1. The Morgan fingerprint density at radius 2 is 1.74 bits per heavy atom. The van der Waals surface area contributed by atoms with Crippen molar-refractivity contribution < 1.29 is 18.1 Å². The summed E-state index contributed by atoms with van der Waals surface area (Å²) >= 11 is 12.3. The Bertz CT molecular complexity index is 1360. The lowest BCUT2D eigenvalue weighted by atomic mass is 10.1. The fourth-order valence-electron chi connectivity index (χ4n) is 2.93. The van der Waals surface area contributed by atoms with E-state index in [1.165, 1.54) is 48.5 Å². The number of anilines is 1. The third-order valence-electron chi connectivity index (χ3n) is 4.64. The monoisotopic (exact) mass is 520 g/mol. The normalized spacial score (nSPS) is 11.7. The maximum atomic E-state index is 13.3. The van der Waals surface area contributed by atoms with Crippen molar-refractivity contribution in [3.8, 4) is 0 Å². The summed E-state index contributed by atoms with van der Waals surface area (Å²) in [5, 5.41) is 15.0. The quantitative estimate of drug-likeness (QED) is 0.263. The van der Waals surface area contributed by atoms with Crippen LogP contribution in [0.4, 0.5) is 11.4 Å². The second-order valence-electron chi connectivity index (χ2n) is 6.94. The van der Waals surface area contributed by atoms with Gasteiger partial charge in [0.05, 0.1) is 31.3 Å². The van der Waals surface area contributed by atoms with Crippen LogP contribution in [0.15, 0.2) is 82.8 Å². The average molecular weight is 521 g/mol. The number of hydrogen-bond acceptors (Lipinski definition) is 6. The number of amides is 1. The van der Waals surface area contributed by atoms with E-state index in [2.05, 4.69) is 10.5 Å². The fraction of sp³-hybridized carbons (Fsp3) is 0.0909. The number of halogens is 2. The highest BCUT2D eigenvalue weighted by atomic mass is 35.5. The van der Waals surface area contributed by atoms with Gasteiger partial charge >= 0.3 is 0 Å². The molecule has 0 bridgehead atoms. The van der Waals surface area contributed by atoms with E-state index in [4.69, 9.17) is 23.2 Å². The maximum Gasteiger partial charge on any atom is 0.270 e. The lowest BCUT2D eigenvalue weighted by Crippen LogP contribution is -2.40. The van der Waals surface area contributed by atoms with Gasteiger partial charge < -0.3 is 0 Å². The zero-order valence-corrected chi connectivity index (χ0v) is 20.0. The maximum absolute atomic E-state index is 13.3. The molecule has 0 spiro atoms. The predicted octanol–water partition coefficient (Wildman–Crippen LogP) is 4.64. The number of carbonyl (C=O) groups is 1. The SMILES string of the molecule is C/C(=N/NC(=O)CN(c1cccc(Cl)c1Cl)S(=O)(=O)c1ccccc1)c1cccc([N+](=O)[O-])c1. The summed E-state index contributed by atoms with van der Waals surface area (Å²) in [4.78, 5) is 23.1. The molecule has 34 heavy (non-hydrogen) atoms. The number of sulfonamides is 1. The molecule has 0 radical (unpaired) electrons. The van der Waals surface area contributed by atoms with E-state index >= 15 is 0 Å². The summed E-state index contributed by atoms with van der Waals surface area (Å²) in [6, 6.07) is 17.7. The average Bonchev–Trinajstić information content (AvgIpc) is 2.83. The minimum atomic E-state index is -4.19. The molecule has 176 valence electrons. The summed E-state index contributed by atoms with van der Waals surface area (Å²) in [6.45, 7) is 0.897. The largest absolute Gasteiger partial charge is 0.271 e. The summed E-state index contributed by atoms with van der Waals surface area (Å²) in [5.74, 6) is -0.764. The number of nitro groups is 1. The molecule has 1 N–H and O–H groups in total. The number of rotatable bonds is 8. The van der Waals surface area contributed by atoms with Crippen molar-refractivity contribution in [1.29, 1.82) is 0 Å². The highest BCUT2D eigenvalue weighted by Gasteiger charge is 2.29. The van der Waals surface area contributed by atoms with Crippen LogP contribution in [0.25, 0.3) is 0 Å². The van der Waals surface area contributed by atoms with E-state index in [0.29, 0.717) is 5.56 Å². The molecule has 9 nitrogen and oxygen atoms in total. The number of nitrogens with zero attached hydrogens (tertiary/aromatic N) is 3. The highest BCUT2D eigenvalue weighted by Crippen LogP contribution is 2.35. The molecule has 0 unspecified atom stereocenters. The summed E-state index contributed by atoms with van der Waals surface area (Å²) in [6.07, 6.45) is 0. The van der Waals surface area contributed by atoms with Gasteiger partial charge in [0, 0.05) is 17.7 Å². The van der Waals surface area contributed by atoms with Crippen molar-refractivity contribution >= 4 is 56.2 Å². The van der Waals surface area contributed by atoms with Crippen molar-refractivity contribution in [2.24, 2.45) is 5.10 Å². The Morgan fingerprint density at radius 1 is 1.06 bits per heavy atom. The van der Waals surface area contributed by atoms with Gasteiger partial charge in [-0.2, -0.15) is 5.10 Å². The number of nitro benzene ring substituents is 1. The van der Waals surface area contributed by atoms with Gasteiger partial charge in [0.15, 0.2) is 0 Å². The van der Waals surface area contributed by atoms with Crippen molar-refractivity contribution in [2.75, 3.05) is 10.8 Å². The molecule has 0 atom stereocenters. The summed E-state index contributed by atoms with van der Waals surface area (Å²) < 4.78 is 27.5. The van der Waals surface area contributed by atoms with Crippen molar-refractivity contribution in [2.45, 2.75) is 11.8 Å². The Balaban J connectivity index is 1.90. The number of benzene rings is 3. The van der Waals surface area contributed by atoms with Crippen LogP contribution in [0.5, 0.6) is 0 Å². The molecule has 0 aliphatic carbocycles. The summed E-state index contributed by atoms with van der Waals surface area (Å²) in [7, 11) is -4.19. The van der Waals surface area contributed by atoms with E-state index in [-0.39, 0.29) is 32.0 Å². The van der Waals surface area contributed by atoms with Gasteiger partial charge in [-0.3, -0.25) is 19.2 Å². The van der Waals surface area contributed by atoms with Crippen LogP contribution in [0.3, 0.4) is 0 Å². The van der Waals surface area contributed by atoms with Crippen LogP contribution in [-0.4, -0.2) is 31.5 Å². The standard InChI is InChI=1S/C22H18Cl2N4O5S/c1-15(16-7-5-8-17(13-16)28(30)31)25-26-21(29)14-27(20-12-6-11-19(23)22(20)24)34(32,33)18-9-3-2-4-10-18/h2-13H,14H2,1H3,(H,26,29)/b25-15-. The summed E-state index contributed by atoms with van der Waals surface area (Å²) in [5.41, 5.74) is 2.88. The van der Waals surface area contributed by atoms with Gasteiger partial charge in [0.2, 0.25) is 0 Å². The molecule has 3 rings (SSSR count). The third kappa shape index (κ3) is 5.71. The molecule has 0 heterocycles. The number of non-ortho nitro benzene ring substituents is 1. The van der Waals surface area contributed by atoms with Crippen LogP contribution in [0, 0.1) is 10.1 Å². The molecule has 3 aromatic rings.